The molecule has 0 amide bonds. The highest BCUT2D eigenvalue weighted by Crippen LogP contribution is 2.20. The van der Waals surface area contributed by atoms with Crippen molar-refractivity contribution in [2.45, 2.75) is 4.90 Å². The normalized spacial score (nSPS) is 9.69. The van der Waals surface area contributed by atoms with Crippen LogP contribution in [0.5, 0.6) is 0 Å². The molecule has 86 valence electrons. The molecule has 0 unspecified atom stereocenters. The lowest BCUT2D eigenvalue weighted by molar-refractivity contribution is 0.0598. The fraction of sp³-hybridized carbons (Fsp3) is 0.273. The summed E-state index contributed by atoms with van der Waals surface area (Å²) in [5.74, 6) is -0.942. The highest BCUT2D eigenvalue weighted by atomic mass is 32.2. The molecule has 0 aliphatic heterocycles. The molecule has 0 atom stereocenters. The largest absolute Gasteiger partial charge is 0.465 e. The number of thioether (sulfide) groups is 1. The smallest absolute Gasteiger partial charge is 0.337 e. The molecular formula is C11H12O4S. The van der Waals surface area contributed by atoms with E-state index in [1.54, 1.807) is 12.1 Å². The molecule has 16 heavy (non-hydrogen) atoms. The first kappa shape index (κ1) is 12.6. The number of hydrogen-bond acceptors (Lipinski definition) is 5. The quantitative estimate of drug-likeness (QED) is 0.597. The van der Waals surface area contributed by atoms with Gasteiger partial charge in [0.15, 0.2) is 0 Å². The molecule has 0 aliphatic carbocycles. The first-order valence-corrected chi connectivity index (χ1v) is 5.70. The van der Waals surface area contributed by atoms with Gasteiger partial charge in [-0.05, 0) is 24.5 Å². The average molecular weight is 240 g/mol. The molecule has 5 heteroatoms. The third-order valence-electron chi connectivity index (χ3n) is 1.98. The minimum atomic E-state index is -0.471. The Hall–Kier alpha value is -1.49. The summed E-state index contributed by atoms with van der Waals surface area (Å²) in [6.07, 6.45) is 1.86. The van der Waals surface area contributed by atoms with E-state index in [0.29, 0.717) is 11.1 Å². The molecule has 4 nitrogen and oxygen atoms in total. The standard InChI is InChI=1S/C11H12O4S/c1-14-10(12)7-4-8(11(13)15-2)6-9(5-7)16-3/h4-6H,1-3H3. The van der Waals surface area contributed by atoms with Crippen molar-refractivity contribution in [1.82, 2.24) is 0 Å². The van der Waals surface area contributed by atoms with E-state index in [1.165, 1.54) is 32.0 Å². The number of carbonyl (C=O) groups is 2. The second-order valence-corrected chi connectivity index (χ2v) is 3.81. The van der Waals surface area contributed by atoms with Crippen LogP contribution in [0.1, 0.15) is 20.7 Å². The third kappa shape index (κ3) is 2.76. The first-order valence-electron chi connectivity index (χ1n) is 4.48. The van der Waals surface area contributed by atoms with Crippen LogP contribution in [0.15, 0.2) is 23.1 Å². The lowest BCUT2D eigenvalue weighted by Crippen LogP contribution is -2.06. The maximum absolute atomic E-state index is 11.4. The molecule has 0 aromatic heterocycles. The molecule has 0 spiro atoms. The van der Waals surface area contributed by atoms with Gasteiger partial charge in [-0.3, -0.25) is 0 Å². The van der Waals surface area contributed by atoms with Crippen molar-refractivity contribution in [3.05, 3.63) is 29.3 Å². The fourth-order valence-corrected chi connectivity index (χ4v) is 1.68. The van der Waals surface area contributed by atoms with E-state index >= 15 is 0 Å². The zero-order valence-corrected chi connectivity index (χ0v) is 10.1. The molecule has 0 bridgehead atoms. The Labute approximate surface area is 97.9 Å². The predicted octanol–water partition coefficient (Wildman–Crippen LogP) is 1.98. The van der Waals surface area contributed by atoms with Crippen LogP contribution in [-0.4, -0.2) is 32.4 Å². The molecule has 0 saturated carbocycles. The molecule has 0 heterocycles. The zero-order chi connectivity index (χ0) is 12.1. The van der Waals surface area contributed by atoms with Crippen LogP contribution >= 0.6 is 11.8 Å². The van der Waals surface area contributed by atoms with Crippen LogP contribution in [0.25, 0.3) is 0 Å². The van der Waals surface area contributed by atoms with E-state index < -0.39 is 11.9 Å². The highest BCUT2D eigenvalue weighted by Gasteiger charge is 2.13. The topological polar surface area (TPSA) is 52.6 Å². The summed E-state index contributed by atoms with van der Waals surface area (Å²) in [5, 5.41) is 0. The fourth-order valence-electron chi connectivity index (χ4n) is 1.19. The highest BCUT2D eigenvalue weighted by molar-refractivity contribution is 7.98. The number of ether oxygens (including phenoxy) is 2. The van der Waals surface area contributed by atoms with Gasteiger partial charge in [0.1, 0.15) is 0 Å². The van der Waals surface area contributed by atoms with E-state index in [1.807, 2.05) is 6.26 Å². The molecular weight excluding hydrogens is 228 g/mol. The van der Waals surface area contributed by atoms with Crippen molar-refractivity contribution in [2.75, 3.05) is 20.5 Å². The van der Waals surface area contributed by atoms with Gasteiger partial charge < -0.3 is 9.47 Å². The van der Waals surface area contributed by atoms with Gasteiger partial charge in [-0.1, -0.05) is 0 Å². The Bertz CT molecular complexity index is 380. The van der Waals surface area contributed by atoms with E-state index in [-0.39, 0.29) is 0 Å². The molecule has 0 fully saturated rings. The number of esters is 2. The maximum Gasteiger partial charge on any atom is 0.337 e. The Morgan fingerprint density at radius 3 is 1.75 bits per heavy atom. The van der Waals surface area contributed by atoms with Crippen molar-refractivity contribution in [1.29, 1.82) is 0 Å². The molecule has 0 N–H and O–H groups in total. The van der Waals surface area contributed by atoms with Gasteiger partial charge in [-0.2, -0.15) is 0 Å². The van der Waals surface area contributed by atoms with Gasteiger partial charge in [-0.25, -0.2) is 9.59 Å². The number of carbonyl (C=O) groups excluding carboxylic acids is 2. The molecule has 0 aliphatic rings. The van der Waals surface area contributed by atoms with Crippen molar-refractivity contribution < 1.29 is 19.1 Å². The van der Waals surface area contributed by atoms with Crippen LogP contribution < -0.4 is 0 Å². The van der Waals surface area contributed by atoms with E-state index in [0.717, 1.165) is 4.90 Å². The van der Waals surface area contributed by atoms with Crippen LogP contribution in [-0.2, 0) is 9.47 Å². The van der Waals surface area contributed by atoms with Gasteiger partial charge in [0.2, 0.25) is 0 Å². The van der Waals surface area contributed by atoms with Gasteiger partial charge in [0.25, 0.3) is 0 Å². The van der Waals surface area contributed by atoms with Gasteiger partial charge in [0, 0.05) is 4.90 Å². The summed E-state index contributed by atoms with van der Waals surface area (Å²) in [5.41, 5.74) is 0.685. The van der Waals surface area contributed by atoms with Crippen LogP contribution in [0, 0.1) is 0 Å². The van der Waals surface area contributed by atoms with Crippen LogP contribution in [0.2, 0.25) is 0 Å². The van der Waals surface area contributed by atoms with Crippen LogP contribution in [0.4, 0.5) is 0 Å². The monoisotopic (exact) mass is 240 g/mol. The van der Waals surface area contributed by atoms with Crippen molar-refractivity contribution >= 4 is 23.7 Å². The van der Waals surface area contributed by atoms with E-state index in [2.05, 4.69) is 9.47 Å². The predicted molar refractivity (Wildman–Crippen MR) is 60.9 cm³/mol. The molecule has 0 saturated heterocycles. The minimum Gasteiger partial charge on any atom is -0.465 e. The van der Waals surface area contributed by atoms with Gasteiger partial charge in [-0.15, -0.1) is 11.8 Å². The summed E-state index contributed by atoms with van der Waals surface area (Å²) in [7, 11) is 2.60. The number of benzene rings is 1. The molecule has 0 radical (unpaired) electrons. The number of rotatable bonds is 3. The Morgan fingerprint density at radius 1 is 1.00 bits per heavy atom. The summed E-state index contributed by atoms with van der Waals surface area (Å²) in [6.45, 7) is 0. The molecule has 1 aromatic rings. The Morgan fingerprint density at radius 2 is 1.44 bits per heavy atom. The van der Waals surface area contributed by atoms with Gasteiger partial charge in [0.05, 0.1) is 25.3 Å². The molecule has 1 rings (SSSR count). The number of methoxy groups -OCH3 is 2. The third-order valence-corrected chi connectivity index (χ3v) is 2.69. The first-order chi connectivity index (χ1) is 7.62. The minimum absolute atomic E-state index is 0.342. The van der Waals surface area contributed by atoms with Crippen molar-refractivity contribution in [3.63, 3.8) is 0 Å². The van der Waals surface area contributed by atoms with Crippen molar-refractivity contribution in [2.24, 2.45) is 0 Å². The second-order valence-electron chi connectivity index (χ2n) is 2.93. The lowest BCUT2D eigenvalue weighted by atomic mass is 10.1. The SMILES string of the molecule is COC(=O)c1cc(SC)cc(C(=O)OC)c1. The number of hydrogen-bond donors (Lipinski definition) is 0. The summed E-state index contributed by atoms with van der Waals surface area (Å²) in [6, 6.07) is 4.79. The lowest BCUT2D eigenvalue weighted by Gasteiger charge is -2.05. The van der Waals surface area contributed by atoms with Crippen LogP contribution in [0.3, 0.4) is 0 Å². The van der Waals surface area contributed by atoms with E-state index in [4.69, 9.17) is 0 Å². The maximum atomic E-state index is 11.4. The van der Waals surface area contributed by atoms with E-state index in [9.17, 15) is 9.59 Å². The summed E-state index contributed by atoms with van der Waals surface area (Å²) in [4.78, 5) is 23.5. The summed E-state index contributed by atoms with van der Waals surface area (Å²) >= 11 is 1.44. The average Bonchev–Trinajstić information content (AvgIpc) is 2.35. The Balaban J connectivity index is 3.20. The summed E-state index contributed by atoms with van der Waals surface area (Å²) < 4.78 is 9.21. The second kappa shape index (κ2) is 5.55. The van der Waals surface area contributed by atoms with Crippen molar-refractivity contribution in [3.8, 4) is 0 Å². The molecule has 1 aromatic carbocycles. The van der Waals surface area contributed by atoms with Gasteiger partial charge >= 0.3 is 11.9 Å². The zero-order valence-electron chi connectivity index (χ0n) is 9.27. The Kier molecular flexibility index (Phi) is 4.37.